The highest BCUT2D eigenvalue weighted by Crippen LogP contribution is 2.64. The molecule has 0 amide bonds. The number of benzene rings is 1. The molecule has 0 heterocycles. The zero-order valence-electron chi connectivity index (χ0n) is 16.1. The molecule has 0 saturated heterocycles. The van der Waals surface area contributed by atoms with Gasteiger partial charge in [-0.2, -0.15) is 53.6 Å². The Morgan fingerprint density at radius 1 is 0.829 bits per heavy atom. The van der Waals surface area contributed by atoms with Gasteiger partial charge < -0.3 is 0 Å². The van der Waals surface area contributed by atoms with Gasteiger partial charge in [0.05, 0.1) is 22.0 Å². The van der Waals surface area contributed by atoms with E-state index in [1.165, 1.54) is 0 Å². The van der Waals surface area contributed by atoms with Crippen molar-refractivity contribution in [3.05, 3.63) is 63.4 Å². The minimum atomic E-state index is -7.38. The predicted octanol–water partition coefficient (Wildman–Crippen LogP) is 6.58. The number of sulfone groups is 1. The molecule has 35 heavy (non-hydrogen) atoms. The molecule has 1 aliphatic carbocycles. The van der Waals surface area contributed by atoms with Crippen LogP contribution in [0.5, 0.6) is 0 Å². The fourth-order valence-electron chi connectivity index (χ4n) is 3.34. The maximum atomic E-state index is 15.8. The van der Waals surface area contributed by atoms with E-state index in [1.54, 1.807) is 0 Å². The van der Waals surface area contributed by atoms with E-state index in [0.717, 1.165) is 12.1 Å². The van der Waals surface area contributed by atoms with Crippen molar-refractivity contribution in [2.75, 3.05) is 0 Å². The topological polar surface area (TPSA) is 57.9 Å². The average molecular weight is 609 g/mol. The molecule has 193 valence electrons. The normalized spacial score (nSPS) is 22.1. The minimum absolute atomic E-state index is 0.0708. The van der Waals surface area contributed by atoms with E-state index in [-0.39, 0.29) is 18.6 Å². The van der Waals surface area contributed by atoms with Crippen LogP contribution < -0.4 is 0 Å². The Labute approximate surface area is 196 Å². The molecular weight excluding hydrogens is 602 g/mol. The lowest BCUT2D eigenvalue weighted by Crippen LogP contribution is -2.71. The Morgan fingerprint density at radius 3 is 1.77 bits per heavy atom. The summed E-state index contributed by atoms with van der Waals surface area (Å²) in [5, 5.41) is 9.19. The van der Waals surface area contributed by atoms with E-state index < -0.39 is 71.3 Å². The van der Waals surface area contributed by atoms with Gasteiger partial charge in [0, 0.05) is 10.9 Å². The van der Waals surface area contributed by atoms with E-state index in [2.05, 4.69) is 15.9 Å². The molecule has 2 unspecified atom stereocenters. The second-order valence-electron chi connectivity index (χ2n) is 6.92. The summed E-state index contributed by atoms with van der Waals surface area (Å²) in [7, 11) is -6.73. The highest BCUT2D eigenvalue weighted by molar-refractivity contribution is 9.11. The Balaban J connectivity index is 3.29. The Morgan fingerprint density at radius 2 is 1.34 bits per heavy atom. The molecule has 0 saturated carbocycles. The van der Waals surface area contributed by atoms with Crippen molar-refractivity contribution in [1.29, 1.82) is 5.26 Å². The van der Waals surface area contributed by atoms with Crippen LogP contribution in [0.2, 0.25) is 0 Å². The van der Waals surface area contributed by atoms with Crippen molar-refractivity contribution in [2.24, 2.45) is 0 Å². The zero-order valence-corrected chi connectivity index (χ0v) is 18.5. The molecule has 1 aromatic carbocycles. The first-order chi connectivity index (χ1) is 15.5. The average Bonchev–Trinajstić information content (AvgIpc) is 2.69. The molecule has 0 N–H and O–H groups in total. The number of halogens is 13. The molecule has 2 rings (SSSR count). The number of nitrogens with zero attached hydrogens (tertiary/aromatic N) is 1. The van der Waals surface area contributed by atoms with Crippen LogP contribution in [0.1, 0.15) is 11.1 Å². The van der Waals surface area contributed by atoms with Crippen LogP contribution in [0.4, 0.5) is 52.7 Å². The van der Waals surface area contributed by atoms with Gasteiger partial charge >= 0.3 is 23.8 Å². The van der Waals surface area contributed by atoms with Gasteiger partial charge in [0.1, 0.15) is 0 Å². The maximum Gasteiger partial charge on any atom is 0.501 e. The van der Waals surface area contributed by atoms with Crippen LogP contribution >= 0.6 is 15.9 Å². The van der Waals surface area contributed by atoms with Crippen LogP contribution in [0.3, 0.4) is 0 Å². The summed E-state index contributed by atoms with van der Waals surface area (Å²) in [4.78, 5) is -2.28. The summed E-state index contributed by atoms with van der Waals surface area (Å²) < 4.78 is 188. The molecule has 0 aromatic heterocycles. The molecule has 0 spiro atoms. The van der Waals surface area contributed by atoms with Crippen molar-refractivity contribution in [2.45, 2.75) is 34.9 Å². The summed E-state index contributed by atoms with van der Waals surface area (Å²) >= 11 is 2.27. The first kappa shape index (κ1) is 29.0. The number of nitriles is 1. The van der Waals surface area contributed by atoms with E-state index in [4.69, 9.17) is 0 Å². The lowest BCUT2D eigenvalue weighted by Gasteiger charge is -2.48. The standard InChI is InChI=1S/C18H7BrF12NO2S/c19-10-5-11(35(33,34)18(29,30)31)7-13(6-10,12-4-2-1-3-9(12)8-32)14(20,16(23,24)25)15(21,22)17(26,27)28/h1-7H. The third-order valence-corrected chi connectivity index (χ3v) is 6.80. The first-order valence-corrected chi connectivity index (χ1v) is 10.8. The molecule has 3 nitrogen and oxygen atoms in total. The number of hydrogen-bond acceptors (Lipinski definition) is 3. The van der Waals surface area contributed by atoms with Crippen molar-refractivity contribution in [1.82, 2.24) is 0 Å². The lowest BCUT2D eigenvalue weighted by molar-refractivity contribution is -0.392. The largest absolute Gasteiger partial charge is 0.501 e. The third kappa shape index (κ3) is 4.21. The highest BCUT2D eigenvalue weighted by Gasteiger charge is 2.87. The van der Waals surface area contributed by atoms with Crippen molar-refractivity contribution < 1.29 is 61.1 Å². The van der Waals surface area contributed by atoms with Crippen LogP contribution in [-0.2, 0) is 15.3 Å². The molecule has 0 bridgehead atoms. The fraction of sp³-hybridized carbons (Fsp3) is 0.333. The van der Waals surface area contributed by atoms with Crippen LogP contribution in [0, 0.1) is 17.8 Å². The fourth-order valence-corrected chi connectivity index (χ4v) is 4.99. The summed E-state index contributed by atoms with van der Waals surface area (Å²) in [6.07, 6.45) is -15.7. The van der Waals surface area contributed by atoms with E-state index >= 15 is 4.39 Å². The molecule has 1 aliphatic rings. The predicted molar refractivity (Wildman–Crippen MR) is 98.1 cm³/mol. The highest BCUT2D eigenvalue weighted by atomic mass is 79.9. The summed E-state index contributed by atoms with van der Waals surface area (Å²) in [5.41, 5.74) is -20.6. The number of allylic oxidation sites excluding steroid dienone is 4. The van der Waals surface area contributed by atoms with Gasteiger partial charge in [-0.3, -0.25) is 0 Å². The van der Waals surface area contributed by atoms with Gasteiger partial charge in [0.2, 0.25) is 0 Å². The summed E-state index contributed by atoms with van der Waals surface area (Å²) in [6.45, 7) is 0. The quantitative estimate of drug-likeness (QED) is 0.363. The van der Waals surface area contributed by atoms with Crippen molar-refractivity contribution in [3.8, 4) is 6.07 Å². The van der Waals surface area contributed by atoms with Gasteiger partial charge in [-0.05, 0) is 11.6 Å². The second kappa shape index (κ2) is 8.43. The summed E-state index contributed by atoms with van der Waals surface area (Å²) in [5.74, 6) is -7.38. The van der Waals surface area contributed by atoms with Gasteiger partial charge in [0.25, 0.3) is 15.5 Å². The van der Waals surface area contributed by atoms with Crippen molar-refractivity contribution in [3.63, 3.8) is 0 Å². The van der Waals surface area contributed by atoms with Gasteiger partial charge in [-0.1, -0.05) is 46.3 Å². The first-order valence-electron chi connectivity index (χ1n) is 8.48. The monoisotopic (exact) mass is 608 g/mol. The van der Waals surface area contributed by atoms with E-state index in [1.807, 2.05) is 0 Å². The molecule has 1 radical (unpaired) electrons. The molecule has 0 aliphatic heterocycles. The SMILES string of the molecule is N#Cc1ccccc1C1(C(F)(C(F)(F)F)C(F)(F)C(F)(F)F)C=C(Br)[CH]C(S(=O)(=O)C(F)(F)F)=C1. The van der Waals surface area contributed by atoms with E-state index in [9.17, 15) is 62.0 Å². The smallest absolute Gasteiger partial charge is 0.225 e. The van der Waals surface area contributed by atoms with Gasteiger partial charge in [-0.15, -0.1) is 0 Å². The molecule has 0 fully saturated rings. The summed E-state index contributed by atoms with van der Waals surface area (Å²) in [6, 6.07) is 3.46. The van der Waals surface area contributed by atoms with Gasteiger partial charge in [0.15, 0.2) is 0 Å². The third-order valence-electron chi connectivity index (χ3n) is 4.87. The molecule has 17 heteroatoms. The van der Waals surface area contributed by atoms with Crippen molar-refractivity contribution >= 4 is 25.8 Å². The number of rotatable bonds is 4. The lowest BCUT2D eigenvalue weighted by atomic mass is 9.62. The Hall–Kier alpha value is -2.22. The van der Waals surface area contributed by atoms with E-state index in [0.29, 0.717) is 12.1 Å². The Kier molecular flexibility index (Phi) is 6.98. The van der Waals surface area contributed by atoms with Crippen LogP contribution in [-0.4, -0.2) is 37.9 Å². The van der Waals surface area contributed by atoms with Crippen LogP contribution in [0.15, 0.2) is 45.8 Å². The molecule has 2 atom stereocenters. The number of alkyl halides is 12. The van der Waals surface area contributed by atoms with Gasteiger partial charge in [-0.25, -0.2) is 12.8 Å². The number of hydrogen-bond donors (Lipinski definition) is 0. The zero-order chi connectivity index (χ0) is 27.5. The second-order valence-corrected chi connectivity index (χ2v) is 9.78. The molecule has 1 aromatic rings. The Bertz CT molecular complexity index is 1220. The van der Waals surface area contributed by atoms with Crippen LogP contribution in [0.25, 0.3) is 0 Å². The maximum absolute atomic E-state index is 15.8. The minimum Gasteiger partial charge on any atom is -0.225 e. The molecular formula is C18H7BrF12NO2S.